The van der Waals surface area contributed by atoms with Gasteiger partial charge in [-0.25, -0.2) is 0 Å². The molecule has 88 valence electrons. The van der Waals surface area contributed by atoms with Gasteiger partial charge in [0.25, 0.3) is 0 Å². The van der Waals surface area contributed by atoms with Crippen molar-refractivity contribution in [2.45, 2.75) is 45.1 Å². The second kappa shape index (κ2) is 6.67. The van der Waals surface area contributed by atoms with Gasteiger partial charge in [0, 0.05) is 13.1 Å². The molecular weight excluding hydrogens is 190 g/mol. The normalized spacial score (nSPS) is 27.7. The molecule has 0 aromatic rings. The van der Waals surface area contributed by atoms with Crippen LogP contribution in [0.1, 0.15) is 39.0 Å². The summed E-state index contributed by atoms with van der Waals surface area (Å²) in [4.78, 5) is 4.31. The van der Waals surface area contributed by atoms with E-state index in [1.54, 1.807) is 0 Å². The fourth-order valence-electron chi connectivity index (χ4n) is 1.86. The first-order valence-electron chi connectivity index (χ1n) is 5.94. The maximum atomic E-state index is 9.35. The number of rotatable bonds is 4. The van der Waals surface area contributed by atoms with Crippen LogP contribution in [-0.4, -0.2) is 30.3 Å². The molecule has 1 rings (SSSR count). The molecular formula is C11H23N3O. The second-order valence-electron chi connectivity index (χ2n) is 4.33. The molecule has 4 heteroatoms. The van der Waals surface area contributed by atoms with Crippen molar-refractivity contribution in [1.29, 1.82) is 0 Å². The van der Waals surface area contributed by atoms with E-state index in [-0.39, 0.29) is 6.10 Å². The Morgan fingerprint density at radius 1 is 1.40 bits per heavy atom. The Kier molecular flexibility index (Phi) is 5.47. The van der Waals surface area contributed by atoms with Gasteiger partial charge in [-0.15, -0.1) is 0 Å². The van der Waals surface area contributed by atoms with E-state index >= 15 is 0 Å². The summed E-state index contributed by atoms with van der Waals surface area (Å²) in [6.07, 6.45) is 4.97. The Hall–Kier alpha value is -0.770. The smallest absolute Gasteiger partial charge is 0.188 e. The third kappa shape index (κ3) is 5.02. The van der Waals surface area contributed by atoms with Crippen LogP contribution in [0.4, 0.5) is 0 Å². The van der Waals surface area contributed by atoms with Gasteiger partial charge in [0.1, 0.15) is 0 Å². The van der Waals surface area contributed by atoms with Crippen LogP contribution in [0.5, 0.6) is 0 Å². The third-order valence-corrected chi connectivity index (χ3v) is 2.89. The first-order valence-corrected chi connectivity index (χ1v) is 5.94. The molecule has 0 saturated heterocycles. The molecule has 1 aliphatic carbocycles. The lowest BCUT2D eigenvalue weighted by molar-refractivity contribution is 0.110. The quantitative estimate of drug-likeness (QED) is 0.479. The average molecular weight is 213 g/mol. The van der Waals surface area contributed by atoms with Gasteiger partial charge in [-0.3, -0.25) is 4.99 Å². The van der Waals surface area contributed by atoms with E-state index in [9.17, 15) is 5.11 Å². The van der Waals surface area contributed by atoms with Crippen LogP contribution in [0.3, 0.4) is 0 Å². The van der Waals surface area contributed by atoms with Crippen LogP contribution in [0.15, 0.2) is 4.99 Å². The Balaban J connectivity index is 2.18. The van der Waals surface area contributed by atoms with Gasteiger partial charge < -0.3 is 16.2 Å². The number of guanidine groups is 1. The van der Waals surface area contributed by atoms with E-state index in [1.165, 1.54) is 0 Å². The van der Waals surface area contributed by atoms with Crippen molar-refractivity contribution in [3.05, 3.63) is 0 Å². The number of hydrogen-bond donors (Lipinski definition) is 3. The monoisotopic (exact) mass is 213 g/mol. The third-order valence-electron chi connectivity index (χ3n) is 2.89. The van der Waals surface area contributed by atoms with Crippen molar-refractivity contribution >= 4 is 5.96 Å². The minimum atomic E-state index is -0.0826. The molecule has 1 saturated carbocycles. The summed E-state index contributed by atoms with van der Waals surface area (Å²) in [6.45, 7) is 3.79. The molecule has 0 amide bonds. The van der Waals surface area contributed by atoms with Crippen LogP contribution >= 0.6 is 0 Å². The number of aliphatic hydroxyl groups excluding tert-OH is 1. The molecule has 0 atom stereocenters. The topological polar surface area (TPSA) is 70.6 Å². The number of nitrogens with two attached hydrogens (primary N) is 1. The van der Waals surface area contributed by atoms with Crippen LogP contribution in [0.2, 0.25) is 0 Å². The van der Waals surface area contributed by atoms with Crippen molar-refractivity contribution in [2.75, 3.05) is 13.1 Å². The van der Waals surface area contributed by atoms with Crippen LogP contribution in [0.25, 0.3) is 0 Å². The van der Waals surface area contributed by atoms with E-state index in [1.807, 2.05) is 0 Å². The van der Waals surface area contributed by atoms with E-state index in [2.05, 4.69) is 17.2 Å². The van der Waals surface area contributed by atoms with E-state index < -0.39 is 0 Å². The fourth-order valence-corrected chi connectivity index (χ4v) is 1.86. The predicted octanol–water partition coefficient (Wildman–Crippen LogP) is 0.852. The van der Waals surface area contributed by atoms with Gasteiger partial charge in [0.2, 0.25) is 0 Å². The molecule has 0 aromatic heterocycles. The molecule has 0 radical (unpaired) electrons. The number of nitrogens with zero attached hydrogens (tertiary/aromatic N) is 1. The lowest BCUT2D eigenvalue weighted by atomic mass is 9.88. The van der Waals surface area contributed by atoms with Gasteiger partial charge >= 0.3 is 0 Å². The molecule has 0 aromatic carbocycles. The van der Waals surface area contributed by atoms with Gasteiger partial charge in [-0.1, -0.05) is 6.92 Å². The van der Waals surface area contributed by atoms with Crippen molar-refractivity contribution in [3.8, 4) is 0 Å². The summed E-state index contributed by atoms with van der Waals surface area (Å²) in [5, 5.41) is 12.4. The first kappa shape index (κ1) is 12.3. The molecule has 4 nitrogen and oxygen atoms in total. The largest absolute Gasteiger partial charge is 0.393 e. The molecule has 4 N–H and O–H groups in total. The van der Waals surface area contributed by atoms with Crippen molar-refractivity contribution in [2.24, 2.45) is 16.6 Å². The van der Waals surface area contributed by atoms with Crippen molar-refractivity contribution < 1.29 is 5.11 Å². The zero-order chi connectivity index (χ0) is 11.1. The number of aliphatic hydroxyl groups is 1. The highest BCUT2D eigenvalue weighted by Gasteiger charge is 2.18. The second-order valence-corrected chi connectivity index (χ2v) is 4.33. The molecule has 1 fully saturated rings. The molecule has 15 heavy (non-hydrogen) atoms. The van der Waals surface area contributed by atoms with E-state index in [0.717, 1.165) is 45.2 Å². The molecule has 0 spiro atoms. The van der Waals surface area contributed by atoms with Crippen LogP contribution in [-0.2, 0) is 0 Å². The van der Waals surface area contributed by atoms with Crippen LogP contribution in [0, 0.1) is 5.92 Å². The molecule has 0 bridgehead atoms. The minimum Gasteiger partial charge on any atom is -0.393 e. The summed E-state index contributed by atoms with van der Waals surface area (Å²) >= 11 is 0. The summed E-state index contributed by atoms with van der Waals surface area (Å²) in [5.74, 6) is 1.17. The summed E-state index contributed by atoms with van der Waals surface area (Å²) in [6, 6.07) is 0. The average Bonchev–Trinajstić information content (AvgIpc) is 2.25. The maximum Gasteiger partial charge on any atom is 0.188 e. The van der Waals surface area contributed by atoms with Crippen molar-refractivity contribution in [3.63, 3.8) is 0 Å². The van der Waals surface area contributed by atoms with Gasteiger partial charge in [-0.2, -0.15) is 0 Å². The molecule has 0 unspecified atom stereocenters. The number of aliphatic imine (C=N–C) groups is 1. The Bertz CT molecular complexity index is 198. The molecule has 0 aliphatic heterocycles. The lowest BCUT2D eigenvalue weighted by Crippen LogP contribution is -2.33. The summed E-state index contributed by atoms with van der Waals surface area (Å²) in [5.41, 5.74) is 5.69. The summed E-state index contributed by atoms with van der Waals surface area (Å²) < 4.78 is 0. The SMILES string of the molecule is CCCNC(N)=NCC1CCC(O)CC1. The van der Waals surface area contributed by atoms with Gasteiger partial charge in [0.05, 0.1) is 6.10 Å². The first-order chi connectivity index (χ1) is 7.22. The zero-order valence-electron chi connectivity index (χ0n) is 9.58. The maximum absolute atomic E-state index is 9.35. The zero-order valence-corrected chi connectivity index (χ0v) is 9.58. The van der Waals surface area contributed by atoms with Gasteiger partial charge in [-0.05, 0) is 38.0 Å². The van der Waals surface area contributed by atoms with E-state index in [4.69, 9.17) is 5.73 Å². The fraction of sp³-hybridized carbons (Fsp3) is 0.909. The van der Waals surface area contributed by atoms with E-state index in [0.29, 0.717) is 11.9 Å². The standard InChI is InChI=1S/C11H23N3O/c1-2-7-13-11(12)14-8-9-3-5-10(15)6-4-9/h9-10,15H,2-8H2,1H3,(H3,12,13,14). The molecule has 0 heterocycles. The Labute approximate surface area is 92.0 Å². The predicted molar refractivity (Wildman–Crippen MR) is 62.7 cm³/mol. The number of hydrogen-bond acceptors (Lipinski definition) is 2. The highest BCUT2D eigenvalue weighted by atomic mass is 16.3. The Morgan fingerprint density at radius 3 is 2.67 bits per heavy atom. The summed E-state index contributed by atoms with van der Waals surface area (Å²) in [7, 11) is 0. The van der Waals surface area contributed by atoms with Crippen LogP contribution < -0.4 is 11.1 Å². The lowest BCUT2D eigenvalue weighted by Gasteiger charge is -2.23. The number of nitrogens with one attached hydrogen (secondary N) is 1. The minimum absolute atomic E-state index is 0.0826. The highest BCUT2D eigenvalue weighted by Crippen LogP contribution is 2.24. The molecule has 1 aliphatic rings. The Morgan fingerprint density at radius 2 is 2.07 bits per heavy atom. The van der Waals surface area contributed by atoms with Gasteiger partial charge in [0.15, 0.2) is 5.96 Å². The highest BCUT2D eigenvalue weighted by molar-refractivity contribution is 5.77. The van der Waals surface area contributed by atoms with Crippen molar-refractivity contribution in [1.82, 2.24) is 5.32 Å².